The van der Waals surface area contributed by atoms with Gasteiger partial charge in [-0.2, -0.15) is 0 Å². The van der Waals surface area contributed by atoms with Crippen LogP contribution in [0.4, 0.5) is 0 Å². The molecule has 0 spiro atoms. The van der Waals surface area contributed by atoms with E-state index in [9.17, 15) is 0 Å². The van der Waals surface area contributed by atoms with E-state index in [0.29, 0.717) is 0 Å². The van der Waals surface area contributed by atoms with E-state index in [0.717, 1.165) is 11.4 Å². The summed E-state index contributed by atoms with van der Waals surface area (Å²) in [5, 5.41) is 14.9. The normalized spacial score (nSPS) is 11.9. The Hall–Kier alpha value is -8.72. The van der Waals surface area contributed by atoms with Gasteiger partial charge in [0.2, 0.25) is 0 Å². The Morgan fingerprint density at radius 3 is 1.05 bits per heavy atom. The van der Waals surface area contributed by atoms with Crippen LogP contribution >= 0.6 is 0 Å². The molecule has 14 rings (SSSR count). The molecule has 2 nitrogen and oxygen atoms in total. The minimum Gasteiger partial charge on any atom is -0.309 e. The van der Waals surface area contributed by atoms with Crippen LogP contribution in [0.2, 0.25) is 0 Å². The summed E-state index contributed by atoms with van der Waals surface area (Å²) in [7, 11) is 0. The largest absolute Gasteiger partial charge is 0.309 e. The lowest BCUT2D eigenvalue weighted by Crippen LogP contribution is -1.94. The highest BCUT2D eigenvalue weighted by molar-refractivity contribution is 6.28. The summed E-state index contributed by atoms with van der Waals surface area (Å²) in [4.78, 5) is 0. The van der Waals surface area contributed by atoms with Crippen molar-refractivity contribution in [1.29, 1.82) is 0 Å². The smallest absolute Gasteiger partial charge is 0.0547 e. The molecule has 0 aliphatic rings. The van der Waals surface area contributed by atoms with Crippen LogP contribution in [0.5, 0.6) is 0 Å². The van der Waals surface area contributed by atoms with Gasteiger partial charge >= 0.3 is 0 Å². The zero-order valence-electron chi connectivity index (χ0n) is 36.0. The molecule has 14 aromatic rings. The Labute approximate surface area is 381 Å². The standard InChI is InChI=1S/C64H40N2/c1-3-21-43(22-4-1)65-57-35-13-11-27-53(57)61-49(33-17-37-59(61)65)47-29-15-31-51-55(47)40-56-48(50-34-18-38-60-62(50)54-28-12-14-36-58(54)66(60)44-23-5-2-6-24-44)30-16-32-52(56)64(51)63-45-25-9-7-19-41(45)39-42-20-8-10-26-46(42)63/h1-40H. The molecular weight excluding hydrogens is 797 g/mol. The summed E-state index contributed by atoms with van der Waals surface area (Å²) in [6.45, 7) is 0. The van der Waals surface area contributed by atoms with Crippen molar-refractivity contribution in [3.05, 3.63) is 243 Å². The molecular formula is C64H40N2. The maximum Gasteiger partial charge on any atom is 0.0547 e. The van der Waals surface area contributed by atoms with E-state index in [2.05, 4.69) is 252 Å². The first-order valence-electron chi connectivity index (χ1n) is 22.9. The Kier molecular flexibility index (Phi) is 8.02. The highest BCUT2D eigenvalue weighted by Crippen LogP contribution is 2.50. The SMILES string of the molecule is c1ccc(-n2c3ccccc3c3c(-c4cccc5c(-c6c7ccccc7cc7ccccc67)c6cccc(-c7cccc8c7c7ccccc7n8-c7ccccc7)c6cc45)cccc32)cc1. The van der Waals surface area contributed by atoms with E-state index in [1.165, 1.54) is 120 Å². The number of fused-ring (bicyclic) bond motifs is 10. The number of rotatable bonds is 5. The number of para-hydroxylation sites is 4. The molecule has 0 bridgehead atoms. The molecule has 0 saturated carbocycles. The van der Waals surface area contributed by atoms with Gasteiger partial charge in [-0.3, -0.25) is 0 Å². The number of aromatic nitrogens is 2. The van der Waals surface area contributed by atoms with Gasteiger partial charge in [-0.15, -0.1) is 0 Å². The molecule has 0 radical (unpaired) electrons. The molecule has 0 amide bonds. The second-order valence-electron chi connectivity index (χ2n) is 17.5. The second-order valence-corrected chi connectivity index (χ2v) is 17.5. The monoisotopic (exact) mass is 836 g/mol. The number of nitrogens with zero attached hydrogens (tertiary/aromatic N) is 2. The molecule has 306 valence electrons. The summed E-state index contributed by atoms with van der Waals surface area (Å²) in [5.41, 5.74) is 14.5. The van der Waals surface area contributed by atoms with Crippen LogP contribution in [0.15, 0.2) is 243 Å². The first-order valence-corrected chi connectivity index (χ1v) is 22.9. The van der Waals surface area contributed by atoms with Crippen molar-refractivity contribution in [3.8, 4) is 44.8 Å². The molecule has 2 aromatic heterocycles. The molecule has 66 heavy (non-hydrogen) atoms. The molecule has 2 heterocycles. The van der Waals surface area contributed by atoms with Crippen molar-refractivity contribution in [3.63, 3.8) is 0 Å². The Morgan fingerprint density at radius 1 is 0.212 bits per heavy atom. The first-order chi connectivity index (χ1) is 32.8. The van der Waals surface area contributed by atoms with Gasteiger partial charge in [0, 0.05) is 32.9 Å². The molecule has 0 aliphatic heterocycles. The van der Waals surface area contributed by atoms with Crippen molar-refractivity contribution >= 4 is 86.7 Å². The van der Waals surface area contributed by atoms with Gasteiger partial charge in [-0.25, -0.2) is 0 Å². The summed E-state index contributed by atoms with van der Waals surface area (Å²) in [5.74, 6) is 0. The third kappa shape index (κ3) is 5.30. The molecule has 0 saturated heterocycles. The lowest BCUT2D eigenvalue weighted by molar-refractivity contribution is 1.18. The minimum absolute atomic E-state index is 1.15. The van der Waals surface area contributed by atoms with Gasteiger partial charge in [-0.05, 0) is 137 Å². The van der Waals surface area contributed by atoms with E-state index in [1.807, 2.05) is 0 Å². The molecule has 0 atom stereocenters. The predicted molar refractivity (Wildman–Crippen MR) is 281 cm³/mol. The summed E-state index contributed by atoms with van der Waals surface area (Å²) in [6, 6.07) is 89.7. The predicted octanol–water partition coefficient (Wildman–Crippen LogP) is 17.5. The minimum atomic E-state index is 1.15. The summed E-state index contributed by atoms with van der Waals surface area (Å²) in [6.07, 6.45) is 0. The molecule has 12 aromatic carbocycles. The molecule has 0 fully saturated rings. The van der Waals surface area contributed by atoms with Crippen LogP contribution in [0.25, 0.3) is 131 Å². The maximum atomic E-state index is 2.51. The van der Waals surface area contributed by atoms with Crippen molar-refractivity contribution < 1.29 is 0 Å². The first kappa shape index (κ1) is 36.7. The quantitative estimate of drug-likeness (QED) is 0.153. The lowest BCUT2D eigenvalue weighted by atomic mass is 9.82. The van der Waals surface area contributed by atoms with Gasteiger partial charge in [0.05, 0.1) is 22.1 Å². The van der Waals surface area contributed by atoms with E-state index in [1.54, 1.807) is 0 Å². The molecule has 2 heteroatoms. The van der Waals surface area contributed by atoms with Crippen molar-refractivity contribution in [2.24, 2.45) is 0 Å². The highest BCUT2D eigenvalue weighted by atomic mass is 15.0. The Morgan fingerprint density at radius 2 is 0.561 bits per heavy atom. The summed E-state index contributed by atoms with van der Waals surface area (Å²) < 4.78 is 4.85. The van der Waals surface area contributed by atoms with Crippen LogP contribution in [0.3, 0.4) is 0 Å². The van der Waals surface area contributed by atoms with Crippen LogP contribution in [0, 0.1) is 0 Å². The fourth-order valence-electron chi connectivity index (χ4n) is 11.4. The third-order valence-corrected chi connectivity index (χ3v) is 14.1. The Bertz CT molecular complexity index is 4000. The van der Waals surface area contributed by atoms with Crippen molar-refractivity contribution in [2.45, 2.75) is 0 Å². The molecule has 0 N–H and O–H groups in total. The number of hydrogen-bond acceptors (Lipinski definition) is 0. The Balaban J connectivity index is 1.16. The second kappa shape index (κ2) is 14.4. The van der Waals surface area contributed by atoms with E-state index in [-0.39, 0.29) is 0 Å². The zero-order valence-corrected chi connectivity index (χ0v) is 36.0. The zero-order chi connectivity index (χ0) is 43.3. The van der Waals surface area contributed by atoms with Crippen LogP contribution in [-0.4, -0.2) is 9.13 Å². The fourth-order valence-corrected chi connectivity index (χ4v) is 11.4. The van der Waals surface area contributed by atoms with Crippen LogP contribution < -0.4 is 0 Å². The topological polar surface area (TPSA) is 9.86 Å². The lowest BCUT2D eigenvalue weighted by Gasteiger charge is -2.20. The molecule has 0 aliphatic carbocycles. The highest BCUT2D eigenvalue weighted by Gasteiger charge is 2.23. The fraction of sp³-hybridized carbons (Fsp3) is 0. The van der Waals surface area contributed by atoms with E-state index >= 15 is 0 Å². The third-order valence-electron chi connectivity index (χ3n) is 14.1. The maximum absolute atomic E-state index is 2.51. The van der Waals surface area contributed by atoms with Crippen molar-refractivity contribution in [1.82, 2.24) is 9.13 Å². The van der Waals surface area contributed by atoms with E-state index in [4.69, 9.17) is 0 Å². The van der Waals surface area contributed by atoms with Gasteiger partial charge in [-0.1, -0.05) is 182 Å². The average Bonchev–Trinajstić information content (AvgIpc) is 3.91. The average molecular weight is 837 g/mol. The van der Waals surface area contributed by atoms with Gasteiger partial charge in [0.1, 0.15) is 0 Å². The van der Waals surface area contributed by atoms with Gasteiger partial charge in [0.25, 0.3) is 0 Å². The van der Waals surface area contributed by atoms with E-state index < -0.39 is 0 Å². The van der Waals surface area contributed by atoms with Crippen LogP contribution in [0.1, 0.15) is 0 Å². The van der Waals surface area contributed by atoms with Crippen molar-refractivity contribution in [2.75, 3.05) is 0 Å². The van der Waals surface area contributed by atoms with Gasteiger partial charge in [0.15, 0.2) is 0 Å². The molecule has 0 unspecified atom stereocenters. The van der Waals surface area contributed by atoms with Crippen LogP contribution in [-0.2, 0) is 0 Å². The number of benzene rings is 12. The van der Waals surface area contributed by atoms with Gasteiger partial charge < -0.3 is 9.13 Å². The summed E-state index contributed by atoms with van der Waals surface area (Å²) >= 11 is 0. The number of hydrogen-bond donors (Lipinski definition) is 0.